The van der Waals surface area contributed by atoms with Crippen LogP contribution in [0.15, 0.2) is 401 Å². The molecule has 0 aliphatic carbocycles. The van der Waals surface area contributed by atoms with Gasteiger partial charge in [0.15, 0.2) is 11.6 Å². The molecule has 7 nitrogen and oxygen atoms in total. The summed E-state index contributed by atoms with van der Waals surface area (Å²) in [5.74, 6) is 1.24. The minimum Gasteiger partial charge on any atom is -0.456 e. The maximum Gasteiger partial charge on any atom is 0.231 e. The molecular weight excluding hydrogens is 1390 g/mol. The molecule has 0 spiro atoms. The van der Waals surface area contributed by atoms with Crippen molar-refractivity contribution in [2.24, 2.45) is 0 Å². The smallest absolute Gasteiger partial charge is 0.231 e. The lowest BCUT2D eigenvalue weighted by Crippen LogP contribution is -1.95. The van der Waals surface area contributed by atoms with Gasteiger partial charge in [-0.15, -0.1) is 11.3 Å². The van der Waals surface area contributed by atoms with Crippen LogP contribution in [0, 0.1) is 0 Å². The predicted molar refractivity (Wildman–Crippen MR) is 464 cm³/mol. The second-order valence-corrected chi connectivity index (χ2v) is 29.4. The van der Waals surface area contributed by atoms with Gasteiger partial charge in [0, 0.05) is 64.0 Å². The molecule has 0 amide bonds. The highest BCUT2D eigenvalue weighted by Gasteiger charge is 2.24. The number of nitrogens with zero attached hydrogens (tertiary/aromatic N) is 4. The van der Waals surface area contributed by atoms with Gasteiger partial charge >= 0.3 is 0 Å². The molecule has 0 N–H and O–H groups in total. The van der Waals surface area contributed by atoms with Crippen LogP contribution in [-0.2, 0) is 0 Å². The first kappa shape index (κ1) is 65.6. The molecule has 8 heteroatoms. The molecule has 16 aromatic carbocycles. The Morgan fingerprint density at radius 1 is 0.179 bits per heavy atom. The fourth-order valence-corrected chi connectivity index (χ4v) is 17.2. The lowest BCUT2D eigenvalue weighted by molar-refractivity contribution is 0.653. The van der Waals surface area contributed by atoms with Gasteiger partial charge in [-0.2, -0.15) is 9.97 Å². The summed E-state index contributed by atoms with van der Waals surface area (Å²) in [6.07, 6.45) is 0. The second-order valence-electron chi connectivity index (χ2n) is 28.3. The summed E-state index contributed by atoms with van der Waals surface area (Å²) < 4.78 is 21.6. The van der Waals surface area contributed by atoms with E-state index in [9.17, 15) is 0 Å². The van der Waals surface area contributed by atoms with Crippen molar-refractivity contribution in [2.75, 3.05) is 0 Å². The van der Waals surface area contributed by atoms with Crippen molar-refractivity contribution in [1.29, 1.82) is 0 Å². The number of hydrogen-bond donors (Lipinski definition) is 0. The zero-order chi connectivity index (χ0) is 74.0. The van der Waals surface area contributed by atoms with E-state index in [0.717, 1.165) is 127 Å². The SMILES string of the molecule is c1ccc(-c2cc(-c3ccccc3)cc(-c3cccc(-c4cccc(-c5nc(-c6cccc7oc8ccccc8c67)nc6oc7ccccc7c56)c4)c3)c2)cc1.c1ccc(-c2cc(-c3ccccc3)cc(-c3cccc(-c4cccc(-c5nc(-c6cccc7sc8ccccc8c67)nc6oc7ccccc7c56)c4)c3)c2)cc1. The molecule has 6 heterocycles. The molecule has 0 aliphatic heterocycles. The standard InChI is InChI=1S/C52H32N2O2.C52H32N2OS/c1-3-14-33(15-4-1)39-30-40(34-16-5-2-6-17-34)32-41(31-39)37-20-11-18-35(28-37)36-19-12-21-38(29-36)50-49-43-23-8-10-26-46(43)56-52(49)54-51(53-50)44-24-13-27-47-48(44)42-22-7-9-25-45(42)55-47;1-3-14-33(15-4-1)39-30-40(34-16-5-2-6-17-34)32-41(31-39)37-20-11-18-35(28-37)36-19-12-21-38(29-36)50-49-42-22-7-9-25-45(42)55-52(49)54-51(53-50)44-24-13-27-47-48(44)43-23-8-10-26-46(43)56-47/h2*1-32H. The Kier molecular flexibility index (Phi) is 16.3. The van der Waals surface area contributed by atoms with Crippen LogP contribution in [0.25, 0.3) is 221 Å². The Hall–Kier alpha value is -14.7. The van der Waals surface area contributed by atoms with Gasteiger partial charge in [0.1, 0.15) is 22.3 Å². The monoisotopic (exact) mass is 1450 g/mol. The summed E-state index contributed by atoms with van der Waals surface area (Å²) in [5, 5.41) is 8.20. The number of benzene rings is 16. The molecular formula is C104H64N4O3S. The molecule has 524 valence electrons. The molecule has 112 heavy (non-hydrogen) atoms. The average Bonchev–Trinajstić information content (AvgIpc) is 1.56. The van der Waals surface area contributed by atoms with Crippen LogP contribution >= 0.6 is 11.3 Å². The van der Waals surface area contributed by atoms with Crippen LogP contribution in [0.1, 0.15) is 0 Å². The van der Waals surface area contributed by atoms with E-state index in [0.29, 0.717) is 23.1 Å². The highest BCUT2D eigenvalue weighted by Crippen LogP contribution is 2.46. The number of furan rings is 3. The van der Waals surface area contributed by atoms with Gasteiger partial charge in [-0.3, -0.25) is 0 Å². The van der Waals surface area contributed by atoms with Crippen LogP contribution in [-0.4, -0.2) is 19.9 Å². The highest BCUT2D eigenvalue weighted by atomic mass is 32.1. The Bertz CT molecular complexity index is 6830. The lowest BCUT2D eigenvalue weighted by Gasteiger charge is -2.13. The van der Waals surface area contributed by atoms with E-state index in [1.165, 1.54) is 70.2 Å². The normalized spacial score (nSPS) is 11.6. The summed E-state index contributed by atoms with van der Waals surface area (Å²) in [5.41, 5.74) is 28.5. The van der Waals surface area contributed by atoms with Crippen LogP contribution in [0.5, 0.6) is 0 Å². The molecule has 0 saturated heterocycles. The highest BCUT2D eigenvalue weighted by molar-refractivity contribution is 7.26. The van der Waals surface area contributed by atoms with Gasteiger partial charge < -0.3 is 13.3 Å². The molecule has 0 atom stereocenters. The molecule has 0 aliphatic rings. The van der Waals surface area contributed by atoms with E-state index >= 15 is 0 Å². The fourth-order valence-electron chi connectivity index (χ4n) is 16.1. The fraction of sp³-hybridized carbons (Fsp3) is 0. The van der Waals surface area contributed by atoms with E-state index in [1.54, 1.807) is 11.3 Å². The molecule has 0 radical (unpaired) electrons. The van der Waals surface area contributed by atoms with Crippen LogP contribution in [0.4, 0.5) is 0 Å². The van der Waals surface area contributed by atoms with E-state index in [2.05, 4.69) is 322 Å². The van der Waals surface area contributed by atoms with Gasteiger partial charge in [-0.1, -0.05) is 291 Å². The van der Waals surface area contributed by atoms with Gasteiger partial charge in [-0.05, 0) is 186 Å². The third-order valence-corrected chi connectivity index (χ3v) is 22.5. The predicted octanol–water partition coefficient (Wildman–Crippen LogP) is 29.0. The summed E-state index contributed by atoms with van der Waals surface area (Å²) in [6, 6.07) is 137. The van der Waals surface area contributed by atoms with Crippen molar-refractivity contribution in [2.45, 2.75) is 0 Å². The van der Waals surface area contributed by atoms with Gasteiger partial charge in [0.2, 0.25) is 11.4 Å². The summed E-state index contributed by atoms with van der Waals surface area (Å²) in [4.78, 5) is 21.0. The van der Waals surface area contributed by atoms with Crippen molar-refractivity contribution in [3.63, 3.8) is 0 Å². The van der Waals surface area contributed by atoms with E-state index < -0.39 is 0 Å². The molecule has 22 aromatic rings. The number of aromatic nitrogens is 4. The van der Waals surface area contributed by atoms with E-state index in [1.807, 2.05) is 66.7 Å². The number of hydrogen-bond acceptors (Lipinski definition) is 8. The van der Waals surface area contributed by atoms with Gasteiger partial charge in [-0.25, -0.2) is 9.97 Å². The molecule has 0 bridgehead atoms. The molecule has 0 fully saturated rings. The van der Waals surface area contributed by atoms with Crippen molar-refractivity contribution in [1.82, 2.24) is 19.9 Å². The topological polar surface area (TPSA) is 91.0 Å². The van der Waals surface area contributed by atoms with E-state index in [4.69, 9.17) is 33.2 Å². The maximum atomic E-state index is 6.47. The van der Waals surface area contributed by atoms with E-state index in [-0.39, 0.29) is 0 Å². The van der Waals surface area contributed by atoms with Crippen molar-refractivity contribution < 1.29 is 13.3 Å². The Morgan fingerprint density at radius 3 is 0.884 bits per heavy atom. The lowest BCUT2D eigenvalue weighted by atomic mass is 9.92. The van der Waals surface area contributed by atoms with Crippen LogP contribution < -0.4 is 0 Å². The molecule has 22 rings (SSSR count). The zero-order valence-electron chi connectivity index (χ0n) is 60.4. The van der Waals surface area contributed by atoms with Crippen molar-refractivity contribution in [3.05, 3.63) is 388 Å². The Balaban J connectivity index is 0.000000141. The maximum absolute atomic E-state index is 6.47. The number of fused-ring (bicyclic) bond motifs is 12. The van der Waals surface area contributed by atoms with Gasteiger partial charge in [0.25, 0.3) is 0 Å². The number of para-hydroxylation sites is 3. The minimum absolute atomic E-state index is 0.552. The van der Waals surface area contributed by atoms with Crippen molar-refractivity contribution in [3.8, 4) is 134 Å². The molecule has 6 aromatic heterocycles. The first-order valence-corrected chi connectivity index (χ1v) is 38.4. The third kappa shape index (κ3) is 12.0. The van der Waals surface area contributed by atoms with Crippen LogP contribution in [0.2, 0.25) is 0 Å². The largest absolute Gasteiger partial charge is 0.456 e. The third-order valence-electron chi connectivity index (χ3n) is 21.4. The number of rotatable bonds is 12. The summed E-state index contributed by atoms with van der Waals surface area (Å²) in [6.45, 7) is 0. The minimum atomic E-state index is 0.552. The van der Waals surface area contributed by atoms with Crippen molar-refractivity contribution >= 4 is 97.6 Å². The molecule has 0 saturated carbocycles. The summed E-state index contributed by atoms with van der Waals surface area (Å²) in [7, 11) is 0. The number of thiophene rings is 1. The first-order chi connectivity index (χ1) is 55.5. The van der Waals surface area contributed by atoms with Gasteiger partial charge in [0.05, 0.1) is 22.2 Å². The Labute approximate surface area is 649 Å². The summed E-state index contributed by atoms with van der Waals surface area (Å²) >= 11 is 1.80. The Morgan fingerprint density at radius 2 is 0.455 bits per heavy atom. The van der Waals surface area contributed by atoms with Crippen LogP contribution in [0.3, 0.4) is 0 Å². The molecule has 0 unspecified atom stereocenters. The second kappa shape index (κ2) is 27.8. The quantitative estimate of drug-likeness (QED) is 0.120. The zero-order valence-corrected chi connectivity index (χ0v) is 61.2. The first-order valence-electron chi connectivity index (χ1n) is 37.6. The average molecular weight is 1450 g/mol.